The van der Waals surface area contributed by atoms with Crippen molar-refractivity contribution in [3.8, 4) is 17.0 Å². The van der Waals surface area contributed by atoms with E-state index in [-0.39, 0.29) is 23.5 Å². The average Bonchev–Trinajstić information content (AvgIpc) is 3.20. The van der Waals surface area contributed by atoms with E-state index < -0.39 is 0 Å². The van der Waals surface area contributed by atoms with Gasteiger partial charge in [-0.15, -0.1) is 5.10 Å². The van der Waals surface area contributed by atoms with Crippen LogP contribution >= 0.6 is 0 Å². The monoisotopic (exact) mass is 412 g/mol. The maximum Gasteiger partial charge on any atom is 0.224 e. The lowest BCUT2D eigenvalue weighted by atomic mass is 9.75. The predicted molar refractivity (Wildman–Crippen MR) is 110 cm³/mol. The first-order valence-corrected chi connectivity index (χ1v) is 10.5. The molecule has 3 aliphatic rings. The molecule has 5 rings (SSSR count). The van der Waals surface area contributed by atoms with Crippen molar-refractivity contribution < 1.29 is 14.7 Å². The molecule has 0 spiro atoms. The maximum absolute atomic E-state index is 12.6. The van der Waals surface area contributed by atoms with Crippen LogP contribution in [0.5, 0.6) is 5.75 Å². The Kier molecular flexibility index (Phi) is 5.98. The number of phenolic OH excluding ortho intramolecular Hbond substituents is 1. The Morgan fingerprint density at radius 2 is 2.10 bits per heavy atom. The standard InChI is InChI=1S/C21H28N6O3/c1-14(28)22-6-7-23-21(30)19-12-26-8-5-15(19)9-17(26)11-27-13-20(24-25-27)16-3-2-4-18(29)10-16/h2-4,10,13,15,17,19,29H,5-9,11-12H2,1H3,(H,22,28)(H,23,30). The van der Waals surface area contributed by atoms with E-state index in [1.54, 1.807) is 18.2 Å². The zero-order valence-corrected chi connectivity index (χ0v) is 17.1. The van der Waals surface area contributed by atoms with Crippen molar-refractivity contribution in [3.05, 3.63) is 30.5 Å². The minimum atomic E-state index is -0.0877. The second kappa shape index (κ2) is 8.83. The van der Waals surface area contributed by atoms with Crippen LogP contribution in [0.1, 0.15) is 19.8 Å². The summed E-state index contributed by atoms with van der Waals surface area (Å²) in [4.78, 5) is 25.9. The molecule has 160 valence electrons. The van der Waals surface area contributed by atoms with Crippen molar-refractivity contribution in [3.63, 3.8) is 0 Å². The highest BCUT2D eigenvalue weighted by molar-refractivity contribution is 5.79. The van der Waals surface area contributed by atoms with E-state index in [4.69, 9.17) is 0 Å². The smallest absolute Gasteiger partial charge is 0.224 e. The number of carbonyl (C=O) groups is 2. The molecular weight excluding hydrogens is 384 g/mol. The van der Waals surface area contributed by atoms with E-state index in [9.17, 15) is 14.7 Å². The quantitative estimate of drug-likeness (QED) is 0.575. The Balaban J connectivity index is 1.32. The van der Waals surface area contributed by atoms with Gasteiger partial charge >= 0.3 is 0 Å². The number of carbonyl (C=O) groups excluding carboxylic acids is 2. The molecule has 4 heterocycles. The van der Waals surface area contributed by atoms with E-state index in [1.807, 2.05) is 16.9 Å². The van der Waals surface area contributed by atoms with Crippen molar-refractivity contribution in [2.45, 2.75) is 32.4 Å². The third-order valence-electron chi connectivity index (χ3n) is 6.09. The molecule has 4 unspecified atom stereocenters. The predicted octanol–water partition coefficient (Wildman–Crippen LogP) is 0.613. The molecule has 1 aromatic carbocycles. The summed E-state index contributed by atoms with van der Waals surface area (Å²) in [6.07, 6.45) is 3.90. The van der Waals surface area contributed by atoms with Crippen molar-refractivity contribution >= 4 is 11.8 Å². The number of nitrogens with one attached hydrogen (secondary N) is 2. The summed E-state index contributed by atoms with van der Waals surface area (Å²) in [7, 11) is 0. The SMILES string of the molecule is CC(=O)NCCNC(=O)C1CN2CCC1CC2Cn1cc(-c2cccc(O)c2)nn1. The molecule has 4 atom stereocenters. The number of hydrogen-bond acceptors (Lipinski definition) is 6. The zero-order valence-electron chi connectivity index (χ0n) is 17.1. The van der Waals surface area contributed by atoms with Gasteiger partial charge in [-0.25, -0.2) is 0 Å². The largest absolute Gasteiger partial charge is 0.508 e. The van der Waals surface area contributed by atoms with Gasteiger partial charge < -0.3 is 15.7 Å². The fourth-order valence-corrected chi connectivity index (χ4v) is 4.58. The Bertz CT molecular complexity index is 914. The lowest BCUT2D eigenvalue weighted by Gasteiger charge is -2.49. The fraction of sp³-hybridized carbons (Fsp3) is 0.524. The lowest BCUT2D eigenvalue weighted by Crippen LogP contribution is -2.58. The molecule has 1 aromatic heterocycles. The van der Waals surface area contributed by atoms with Crippen LogP contribution < -0.4 is 10.6 Å². The molecule has 9 nitrogen and oxygen atoms in total. The van der Waals surface area contributed by atoms with E-state index in [2.05, 4.69) is 25.8 Å². The number of phenols is 1. The van der Waals surface area contributed by atoms with Crippen molar-refractivity contribution in [1.29, 1.82) is 0 Å². The molecule has 3 fully saturated rings. The Hall–Kier alpha value is -2.94. The van der Waals surface area contributed by atoms with Crippen molar-refractivity contribution in [2.24, 2.45) is 11.8 Å². The molecular formula is C21H28N6O3. The van der Waals surface area contributed by atoms with Crippen LogP contribution in [0.15, 0.2) is 30.5 Å². The van der Waals surface area contributed by atoms with Crippen LogP contribution in [-0.2, 0) is 16.1 Å². The number of amides is 2. The molecule has 3 N–H and O–H groups in total. The van der Waals surface area contributed by atoms with Gasteiger partial charge in [0.15, 0.2) is 0 Å². The Morgan fingerprint density at radius 3 is 2.83 bits per heavy atom. The highest BCUT2D eigenvalue weighted by atomic mass is 16.3. The van der Waals surface area contributed by atoms with Crippen molar-refractivity contribution in [1.82, 2.24) is 30.5 Å². The van der Waals surface area contributed by atoms with Crippen LogP contribution in [0.2, 0.25) is 0 Å². The number of fused-ring (bicyclic) bond motifs is 3. The number of rotatable bonds is 7. The topological polar surface area (TPSA) is 112 Å². The minimum absolute atomic E-state index is 0.00549. The average molecular weight is 412 g/mol. The molecule has 2 bridgehead atoms. The lowest BCUT2D eigenvalue weighted by molar-refractivity contribution is -0.133. The minimum Gasteiger partial charge on any atom is -0.508 e. The maximum atomic E-state index is 12.6. The number of piperidine rings is 3. The summed E-state index contributed by atoms with van der Waals surface area (Å²) in [5.74, 6) is 0.579. The highest BCUT2D eigenvalue weighted by Crippen LogP contribution is 2.37. The molecule has 30 heavy (non-hydrogen) atoms. The number of hydrogen-bond donors (Lipinski definition) is 3. The van der Waals surface area contributed by atoms with E-state index in [0.29, 0.717) is 25.0 Å². The molecule has 3 saturated heterocycles. The van der Waals surface area contributed by atoms with Gasteiger partial charge in [0, 0.05) is 38.2 Å². The molecule has 2 amide bonds. The first kappa shape index (κ1) is 20.3. The summed E-state index contributed by atoms with van der Waals surface area (Å²) >= 11 is 0. The van der Waals surface area contributed by atoms with Gasteiger partial charge in [-0.1, -0.05) is 17.3 Å². The fourth-order valence-electron chi connectivity index (χ4n) is 4.58. The molecule has 0 radical (unpaired) electrons. The first-order valence-electron chi connectivity index (χ1n) is 10.5. The van der Waals surface area contributed by atoms with Gasteiger partial charge in [0.05, 0.1) is 18.7 Å². The molecule has 0 saturated carbocycles. The normalized spacial score (nSPS) is 25.1. The van der Waals surface area contributed by atoms with E-state index in [1.165, 1.54) is 6.92 Å². The van der Waals surface area contributed by atoms with Crippen molar-refractivity contribution in [2.75, 3.05) is 26.2 Å². The zero-order chi connectivity index (χ0) is 21.1. The van der Waals surface area contributed by atoms with Gasteiger partial charge in [-0.05, 0) is 37.4 Å². The Labute approximate surface area is 175 Å². The molecule has 3 aliphatic heterocycles. The van der Waals surface area contributed by atoms with Gasteiger partial charge in [-0.3, -0.25) is 19.2 Å². The summed E-state index contributed by atoms with van der Waals surface area (Å²) < 4.78 is 1.85. The van der Waals surface area contributed by atoms with Gasteiger partial charge in [0.2, 0.25) is 11.8 Å². The molecule has 9 heteroatoms. The van der Waals surface area contributed by atoms with Gasteiger partial charge in [0.1, 0.15) is 11.4 Å². The number of benzene rings is 1. The summed E-state index contributed by atoms with van der Waals surface area (Å²) in [5.41, 5.74) is 1.57. The van der Waals surface area contributed by atoms with E-state index in [0.717, 1.165) is 43.7 Å². The van der Waals surface area contributed by atoms with Crippen LogP contribution in [0.3, 0.4) is 0 Å². The molecule has 0 aliphatic carbocycles. The number of aromatic nitrogens is 3. The van der Waals surface area contributed by atoms with E-state index >= 15 is 0 Å². The van der Waals surface area contributed by atoms with Crippen LogP contribution in [0.25, 0.3) is 11.3 Å². The molecule has 2 aromatic rings. The third-order valence-corrected chi connectivity index (χ3v) is 6.09. The first-order chi connectivity index (χ1) is 14.5. The Morgan fingerprint density at radius 1 is 1.27 bits per heavy atom. The highest BCUT2D eigenvalue weighted by Gasteiger charge is 2.43. The van der Waals surface area contributed by atoms with Gasteiger partial charge in [0.25, 0.3) is 0 Å². The van der Waals surface area contributed by atoms with Crippen LogP contribution in [0.4, 0.5) is 0 Å². The third kappa shape index (κ3) is 4.62. The second-order valence-electron chi connectivity index (χ2n) is 8.19. The van der Waals surface area contributed by atoms with Crippen LogP contribution in [-0.4, -0.2) is 69.0 Å². The second-order valence-corrected chi connectivity index (χ2v) is 8.19. The summed E-state index contributed by atoms with van der Waals surface area (Å²) in [6, 6.07) is 7.33. The number of nitrogens with zero attached hydrogens (tertiary/aromatic N) is 4. The number of aromatic hydroxyl groups is 1. The summed E-state index contributed by atoms with van der Waals surface area (Å²) in [5, 5.41) is 23.8. The van der Waals surface area contributed by atoms with Gasteiger partial charge in [-0.2, -0.15) is 0 Å². The van der Waals surface area contributed by atoms with Crippen LogP contribution in [0, 0.1) is 11.8 Å². The summed E-state index contributed by atoms with van der Waals surface area (Å²) in [6.45, 7) is 4.88.